The van der Waals surface area contributed by atoms with Crippen molar-refractivity contribution in [3.8, 4) is 0 Å². The Morgan fingerprint density at radius 3 is 2.38 bits per heavy atom. The lowest BCUT2D eigenvalue weighted by atomic mass is 9.93. The molecule has 4 rings (SSSR count). The van der Waals surface area contributed by atoms with Crippen molar-refractivity contribution in [1.29, 1.82) is 0 Å². The van der Waals surface area contributed by atoms with E-state index < -0.39 is 0 Å². The van der Waals surface area contributed by atoms with Gasteiger partial charge in [0.25, 0.3) is 5.91 Å². The van der Waals surface area contributed by atoms with Crippen molar-refractivity contribution >= 4 is 35.2 Å². The summed E-state index contributed by atoms with van der Waals surface area (Å²) in [4.78, 5) is 26.6. The van der Waals surface area contributed by atoms with Crippen LogP contribution in [0.15, 0.2) is 48.5 Å². The molecule has 7 heteroatoms. The lowest BCUT2D eigenvalue weighted by molar-refractivity contribution is 0.0772. The number of rotatable bonds is 4. The first-order valence-electron chi connectivity index (χ1n) is 9.68. The van der Waals surface area contributed by atoms with Gasteiger partial charge in [-0.2, -0.15) is 0 Å². The van der Waals surface area contributed by atoms with Crippen LogP contribution in [0.1, 0.15) is 35.2 Å². The zero-order valence-electron chi connectivity index (χ0n) is 15.9. The molecule has 1 heterocycles. The number of benzene rings is 2. The minimum atomic E-state index is -0.279. The van der Waals surface area contributed by atoms with Gasteiger partial charge in [-0.25, -0.2) is 4.79 Å². The van der Waals surface area contributed by atoms with Crippen molar-refractivity contribution in [3.63, 3.8) is 0 Å². The molecular formula is C22H22Cl2N2O3. The Kier molecular flexibility index (Phi) is 5.70. The molecule has 2 aliphatic rings. The molecule has 1 spiro atoms. The van der Waals surface area contributed by atoms with E-state index in [9.17, 15) is 9.59 Å². The Morgan fingerprint density at radius 1 is 1.07 bits per heavy atom. The maximum Gasteiger partial charge on any atom is 0.410 e. The number of amides is 2. The molecule has 2 fully saturated rings. The fraction of sp³-hybridized carbons (Fsp3) is 0.364. The van der Waals surface area contributed by atoms with Crippen LogP contribution in [0.4, 0.5) is 4.79 Å². The van der Waals surface area contributed by atoms with Crippen LogP contribution < -0.4 is 5.32 Å². The van der Waals surface area contributed by atoms with Gasteiger partial charge >= 0.3 is 6.09 Å². The second-order valence-corrected chi connectivity index (χ2v) is 8.65. The minimum absolute atomic E-state index is 0.0776. The largest absolute Gasteiger partial charge is 0.445 e. The number of likely N-dealkylation sites (tertiary alicyclic amines) is 1. The van der Waals surface area contributed by atoms with Gasteiger partial charge in [-0.15, -0.1) is 0 Å². The standard InChI is InChI=1S/C22H22Cl2N2O3/c23-17-10-16(11-18(24)12-17)20(27)25-19-13-22(19)6-8-26(9-7-22)21(28)29-14-15-4-2-1-3-5-15/h1-5,10-12,19H,6-9,13-14H2,(H,25,27). The van der Waals surface area contributed by atoms with Gasteiger partial charge < -0.3 is 15.0 Å². The number of piperidine rings is 1. The van der Waals surface area contributed by atoms with Crippen LogP contribution in [0.25, 0.3) is 0 Å². The normalized spacial score (nSPS) is 19.7. The van der Waals surface area contributed by atoms with Crippen LogP contribution in [0, 0.1) is 5.41 Å². The summed E-state index contributed by atoms with van der Waals surface area (Å²) >= 11 is 12.0. The number of hydrogen-bond donors (Lipinski definition) is 1. The third-order valence-corrected chi connectivity index (χ3v) is 6.28. The first-order chi connectivity index (χ1) is 13.9. The highest BCUT2D eigenvalue weighted by molar-refractivity contribution is 6.35. The van der Waals surface area contributed by atoms with E-state index in [0.29, 0.717) is 28.7 Å². The van der Waals surface area contributed by atoms with E-state index in [2.05, 4.69) is 5.32 Å². The highest BCUT2D eigenvalue weighted by Crippen LogP contribution is 2.54. The molecule has 1 aliphatic carbocycles. The Bertz CT molecular complexity index is 891. The van der Waals surface area contributed by atoms with Gasteiger partial charge in [0.2, 0.25) is 0 Å². The van der Waals surface area contributed by atoms with E-state index in [1.165, 1.54) is 0 Å². The fourth-order valence-corrected chi connectivity index (χ4v) is 4.50. The number of nitrogens with one attached hydrogen (secondary N) is 1. The third kappa shape index (κ3) is 4.68. The molecule has 1 atom stereocenters. The van der Waals surface area contributed by atoms with Crippen LogP contribution in [0.2, 0.25) is 10.0 Å². The van der Waals surface area contributed by atoms with Gasteiger partial charge in [0, 0.05) is 34.7 Å². The lowest BCUT2D eigenvalue weighted by Gasteiger charge is -2.32. The van der Waals surface area contributed by atoms with Gasteiger partial charge in [0.15, 0.2) is 0 Å². The molecule has 1 aliphatic heterocycles. The topological polar surface area (TPSA) is 58.6 Å². The van der Waals surface area contributed by atoms with Gasteiger partial charge in [-0.3, -0.25) is 4.79 Å². The van der Waals surface area contributed by atoms with Crippen LogP contribution in [-0.4, -0.2) is 36.0 Å². The molecule has 0 bridgehead atoms. The lowest BCUT2D eigenvalue weighted by Crippen LogP contribution is -2.42. The Labute approximate surface area is 179 Å². The summed E-state index contributed by atoms with van der Waals surface area (Å²) in [6.07, 6.45) is 2.36. The van der Waals surface area contributed by atoms with E-state index in [4.69, 9.17) is 27.9 Å². The Morgan fingerprint density at radius 2 is 1.72 bits per heavy atom. The monoisotopic (exact) mass is 432 g/mol. The highest BCUT2D eigenvalue weighted by Gasteiger charge is 2.56. The van der Waals surface area contributed by atoms with Gasteiger partial charge in [0.05, 0.1) is 0 Å². The molecule has 1 saturated carbocycles. The summed E-state index contributed by atoms with van der Waals surface area (Å²) in [5.41, 5.74) is 1.51. The molecule has 1 saturated heterocycles. The quantitative estimate of drug-likeness (QED) is 0.745. The van der Waals surface area contributed by atoms with Gasteiger partial charge in [0.1, 0.15) is 6.61 Å². The van der Waals surface area contributed by atoms with E-state index in [-0.39, 0.29) is 30.1 Å². The van der Waals surface area contributed by atoms with Crippen molar-refractivity contribution in [3.05, 3.63) is 69.7 Å². The van der Waals surface area contributed by atoms with E-state index in [0.717, 1.165) is 24.8 Å². The molecule has 2 amide bonds. The molecule has 2 aromatic carbocycles. The average molecular weight is 433 g/mol. The maximum absolute atomic E-state index is 12.5. The molecule has 1 unspecified atom stereocenters. The SMILES string of the molecule is O=C(NC1CC12CCN(C(=O)OCc1ccccc1)CC2)c1cc(Cl)cc(Cl)c1. The summed E-state index contributed by atoms with van der Waals surface area (Å²) in [7, 11) is 0. The van der Waals surface area contributed by atoms with Crippen LogP contribution in [0.5, 0.6) is 0 Å². The summed E-state index contributed by atoms with van der Waals surface area (Å²) < 4.78 is 5.42. The number of ether oxygens (including phenoxy) is 1. The van der Waals surface area contributed by atoms with Crippen molar-refractivity contribution in [2.45, 2.75) is 31.9 Å². The van der Waals surface area contributed by atoms with E-state index in [1.54, 1.807) is 23.1 Å². The predicted octanol–water partition coefficient (Wildman–Crippen LogP) is 4.91. The van der Waals surface area contributed by atoms with E-state index in [1.807, 2.05) is 30.3 Å². The summed E-state index contributed by atoms with van der Waals surface area (Å²) in [5, 5.41) is 3.97. The number of nitrogens with zero attached hydrogens (tertiary/aromatic N) is 1. The molecule has 152 valence electrons. The minimum Gasteiger partial charge on any atom is -0.445 e. The van der Waals surface area contributed by atoms with E-state index >= 15 is 0 Å². The van der Waals surface area contributed by atoms with Crippen molar-refractivity contribution in [1.82, 2.24) is 10.2 Å². The smallest absolute Gasteiger partial charge is 0.410 e. The van der Waals surface area contributed by atoms with Crippen LogP contribution >= 0.6 is 23.2 Å². The number of carbonyl (C=O) groups excluding carboxylic acids is 2. The second-order valence-electron chi connectivity index (χ2n) is 7.78. The molecule has 1 N–H and O–H groups in total. The molecule has 5 nitrogen and oxygen atoms in total. The highest BCUT2D eigenvalue weighted by atomic mass is 35.5. The third-order valence-electron chi connectivity index (χ3n) is 5.84. The molecule has 0 radical (unpaired) electrons. The maximum atomic E-state index is 12.5. The predicted molar refractivity (Wildman–Crippen MR) is 112 cm³/mol. The Balaban J connectivity index is 1.25. The molecule has 0 aromatic heterocycles. The molecule has 2 aromatic rings. The number of halogens is 2. The summed E-state index contributed by atoms with van der Waals surface area (Å²) in [6.45, 7) is 1.56. The zero-order chi connectivity index (χ0) is 20.4. The van der Waals surface area contributed by atoms with Crippen LogP contribution in [0.3, 0.4) is 0 Å². The van der Waals surface area contributed by atoms with Crippen LogP contribution in [-0.2, 0) is 11.3 Å². The van der Waals surface area contributed by atoms with Crippen molar-refractivity contribution < 1.29 is 14.3 Å². The first-order valence-corrected chi connectivity index (χ1v) is 10.4. The Hall–Kier alpha value is -2.24. The van der Waals surface area contributed by atoms with Gasteiger partial charge in [-0.05, 0) is 48.4 Å². The zero-order valence-corrected chi connectivity index (χ0v) is 17.4. The second kappa shape index (κ2) is 8.25. The van der Waals surface area contributed by atoms with Crippen molar-refractivity contribution in [2.75, 3.05) is 13.1 Å². The molecular weight excluding hydrogens is 411 g/mol. The number of hydrogen-bond acceptors (Lipinski definition) is 3. The fourth-order valence-electron chi connectivity index (χ4n) is 3.98. The first kappa shape index (κ1) is 20.0. The average Bonchev–Trinajstić information content (AvgIpc) is 3.37. The molecule has 29 heavy (non-hydrogen) atoms. The summed E-state index contributed by atoms with van der Waals surface area (Å²) in [6, 6.07) is 14.6. The van der Waals surface area contributed by atoms with Gasteiger partial charge in [-0.1, -0.05) is 53.5 Å². The van der Waals surface area contributed by atoms with Crippen molar-refractivity contribution in [2.24, 2.45) is 5.41 Å². The summed E-state index contributed by atoms with van der Waals surface area (Å²) in [5.74, 6) is -0.166. The number of carbonyl (C=O) groups is 2.